The first-order chi connectivity index (χ1) is 9.41. The summed E-state index contributed by atoms with van der Waals surface area (Å²) in [4.78, 5) is 16.5. The van der Waals surface area contributed by atoms with Crippen LogP contribution in [0.25, 0.3) is 0 Å². The largest absolute Gasteiger partial charge is 0.453 e. The van der Waals surface area contributed by atoms with Crippen LogP contribution in [0.2, 0.25) is 0 Å². The Labute approximate surface area is 113 Å². The van der Waals surface area contributed by atoms with Crippen LogP contribution in [0.5, 0.6) is 0 Å². The molecule has 0 spiro atoms. The Morgan fingerprint density at radius 1 is 1.55 bits per heavy atom. The third-order valence-electron chi connectivity index (χ3n) is 3.08. The van der Waals surface area contributed by atoms with Gasteiger partial charge in [-0.25, -0.2) is 9.78 Å². The summed E-state index contributed by atoms with van der Waals surface area (Å²) < 4.78 is 43.0. The van der Waals surface area contributed by atoms with Gasteiger partial charge in [0.25, 0.3) is 0 Å². The Balaban J connectivity index is 2.07. The second kappa shape index (κ2) is 5.56. The van der Waals surface area contributed by atoms with E-state index in [4.69, 9.17) is 0 Å². The molecule has 1 aliphatic heterocycles. The van der Waals surface area contributed by atoms with Crippen molar-refractivity contribution in [3.63, 3.8) is 0 Å². The van der Waals surface area contributed by atoms with Gasteiger partial charge in [-0.3, -0.25) is 0 Å². The number of amides is 1. The van der Waals surface area contributed by atoms with Crippen molar-refractivity contribution < 1.29 is 22.7 Å². The molecule has 20 heavy (non-hydrogen) atoms. The molecule has 1 atom stereocenters. The molecule has 0 saturated carbocycles. The summed E-state index contributed by atoms with van der Waals surface area (Å²) >= 11 is 0. The van der Waals surface area contributed by atoms with Crippen molar-refractivity contribution in [2.75, 3.05) is 25.5 Å². The molecule has 1 amide bonds. The average molecular weight is 289 g/mol. The highest BCUT2D eigenvalue weighted by Crippen LogP contribution is 2.34. The smallest absolute Gasteiger partial charge is 0.419 e. The van der Waals surface area contributed by atoms with Crippen molar-refractivity contribution in [2.45, 2.75) is 18.6 Å². The molecule has 1 unspecified atom stereocenters. The zero-order valence-corrected chi connectivity index (χ0v) is 10.8. The fourth-order valence-electron chi connectivity index (χ4n) is 2.12. The van der Waals surface area contributed by atoms with Gasteiger partial charge in [0.15, 0.2) is 0 Å². The minimum Gasteiger partial charge on any atom is -0.453 e. The van der Waals surface area contributed by atoms with Crippen molar-refractivity contribution in [3.05, 3.63) is 23.9 Å². The van der Waals surface area contributed by atoms with Crippen molar-refractivity contribution in [2.24, 2.45) is 0 Å². The third-order valence-corrected chi connectivity index (χ3v) is 3.08. The summed E-state index contributed by atoms with van der Waals surface area (Å²) in [6.45, 7) is 0.735. The molecule has 1 N–H and O–H groups in total. The van der Waals surface area contributed by atoms with Gasteiger partial charge in [0, 0.05) is 25.3 Å². The van der Waals surface area contributed by atoms with Gasteiger partial charge in [0.05, 0.1) is 12.7 Å². The molecule has 0 aromatic carbocycles. The van der Waals surface area contributed by atoms with E-state index in [0.29, 0.717) is 19.5 Å². The fraction of sp³-hybridized carbons (Fsp3) is 0.500. The van der Waals surface area contributed by atoms with Crippen LogP contribution in [-0.4, -0.2) is 42.2 Å². The minimum absolute atomic E-state index is 0.211. The maximum absolute atomic E-state index is 12.8. The molecular formula is C12H14F3N3O2. The first-order valence-corrected chi connectivity index (χ1v) is 6.03. The highest BCUT2D eigenvalue weighted by Gasteiger charge is 2.35. The Bertz CT molecular complexity index is 493. The van der Waals surface area contributed by atoms with Crippen molar-refractivity contribution in [3.8, 4) is 0 Å². The lowest BCUT2D eigenvalue weighted by molar-refractivity contribution is -0.137. The molecule has 1 aromatic heterocycles. The number of aromatic nitrogens is 1. The molecule has 1 fully saturated rings. The van der Waals surface area contributed by atoms with Crippen molar-refractivity contribution >= 4 is 11.9 Å². The predicted octanol–water partition coefficient (Wildman–Crippen LogP) is 2.35. The highest BCUT2D eigenvalue weighted by molar-refractivity contribution is 5.68. The van der Waals surface area contributed by atoms with E-state index in [1.54, 1.807) is 0 Å². The topological polar surface area (TPSA) is 54.5 Å². The second-order valence-electron chi connectivity index (χ2n) is 4.44. The van der Waals surface area contributed by atoms with Crippen molar-refractivity contribution in [1.82, 2.24) is 9.88 Å². The zero-order valence-electron chi connectivity index (χ0n) is 10.8. The number of alkyl halides is 3. The van der Waals surface area contributed by atoms with Gasteiger partial charge < -0.3 is 15.0 Å². The van der Waals surface area contributed by atoms with Crippen LogP contribution in [0.15, 0.2) is 18.3 Å². The fourth-order valence-corrected chi connectivity index (χ4v) is 2.12. The number of ether oxygens (including phenoxy) is 1. The normalized spacial score (nSPS) is 19.0. The van der Waals surface area contributed by atoms with E-state index in [1.807, 2.05) is 0 Å². The molecule has 110 valence electrons. The molecule has 1 saturated heterocycles. The predicted molar refractivity (Wildman–Crippen MR) is 65.2 cm³/mol. The number of pyridine rings is 1. The van der Waals surface area contributed by atoms with E-state index in [2.05, 4.69) is 15.0 Å². The number of likely N-dealkylation sites (tertiary alicyclic amines) is 1. The van der Waals surface area contributed by atoms with E-state index in [0.717, 1.165) is 6.07 Å². The van der Waals surface area contributed by atoms with Crippen molar-refractivity contribution in [1.29, 1.82) is 0 Å². The Morgan fingerprint density at radius 2 is 2.30 bits per heavy atom. The van der Waals surface area contributed by atoms with Crippen LogP contribution in [-0.2, 0) is 10.9 Å². The Kier molecular flexibility index (Phi) is 4.01. The van der Waals surface area contributed by atoms with Gasteiger partial charge in [-0.15, -0.1) is 0 Å². The summed E-state index contributed by atoms with van der Waals surface area (Å²) in [7, 11) is 1.27. The van der Waals surface area contributed by atoms with E-state index in [-0.39, 0.29) is 11.9 Å². The van der Waals surface area contributed by atoms with Crippen LogP contribution >= 0.6 is 0 Å². The molecule has 0 bridgehead atoms. The van der Waals surface area contributed by atoms with Crippen LogP contribution < -0.4 is 5.32 Å². The number of methoxy groups -OCH3 is 1. The average Bonchev–Trinajstić information content (AvgIpc) is 2.86. The lowest BCUT2D eigenvalue weighted by Crippen LogP contribution is -2.31. The van der Waals surface area contributed by atoms with Gasteiger partial charge in [0.2, 0.25) is 0 Å². The maximum Gasteiger partial charge on any atom is 0.419 e. The number of rotatable bonds is 2. The summed E-state index contributed by atoms with van der Waals surface area (Å²) in [5, 5.41) is 2.74. The summed E-state index contributed by atoms with van der Waals surface area (Å²) in [6.07, 6.45) is -3.10. The van der Waals surface area contributed by atoms with Gasteiger partial charge in [-0.05, 0) is 18.6 Å². The summed E-state index contributed by atoms with van der Waals surface area (Å²) in [5.74, 6) is -0.211. The van der Waals surface area contributed by atoms with Gasteiger partial charge in [0.1, 0.15) is 5.82 Å². The van der Waals surface area contributed by atoms with Crippen LogP contribution in [0.3, 0.4) is 0 Å². The van der Waals surface area contributed by atoms with E-state index < -0.39 is 17.8 Å². The lowest BCUT2D eigenvalue weighted by atomic mass is 10.2. The molecule has 0 radical (unpaired) electrons. The van der Waals surface area contributed by atoms with Gasteiger partial charge in [-0.1, -0.05) is 0 Å². The number of carbonyl (C=O) groups is 1. The van der Waals surface area contributed by atoms with E-state index >= 15 is 0 Å². The van der Waals surface area contributed by atoms with E-state index in [1.165, 1.54) is 24.3 Å². The van der Waals surface area contributed by atoms with Crippen LogP contribution in [0.1, 0.15) is 12.0 Å². The highest BCUT2D eigenvalue weighted by atomic mass is 19.4. The van der Waals surface area contributed by atoms with Crippen LogP contribution in [0.4, 0.5) is 23.8 Å². The standard InChI is InChI=1S/C12H14F3N3O2/c1-20-11(19)18-6-4-8(7-18)17-10-9(12(13,14)15)3-2-5-16-10/h2-3,5,8H,4,6-7H2,1H3,(H,16,17). The number of nitrogens with one attached hydrogen (secondary N) is 1. The Hall–Kier alpha value is -1.99. The molecule has 2 rings (SSSR count). The van der Waals surface area contributed by atoms with E-state index in [9.17, 15) is 18.0 Å². The monoisotopic (exact) mass is 289 g/mol. The number of carbonyl (C=O) groups excluding carboxylic acids is 1. The number of hydrogen-bond donors (Lipinski definition) is 1. The zero-order chi connectivity index (χ0) is 14.8. The summed E-state index contributed by atoms with van der Waals surface area (Å²) in [6, 6.07) is 1.94. The molecule has 1 aromatic rings. The molecule has 5 nitrogen and oxygen atoms in total. The maximum atomic E-state index is 12.8. The third kappa shape index (κ3) is 3.12. The molecule has 8 heteroatoms. The first-order valence-electron chi connectivity index (χ1n) is 6.03. The SMILES string of the molecule is COC(=O)N1CCC(Nc2ncccc2C(F)(F)F)C1. The lowest BCUT2D eigenvalue weighted by Gasteiger charge is -2.18. The first kappa shape index (κ1) is 14.4. The minimum atomic E-state index is -4.46. The number of anilines is 1. The number of nitrogens with zero attached hydrogens (tertiary/aromatic N) is 2. The van der Waals surface area contributed by atoms with Gasteiger partial charge >= 0.3 is 12.3 Å². The van der Waals surface area contributed by atoms with Crippen LogP contribution in [0, 0.1) is 0 Å². The summed E-state index contributed by atoms with van der Waals surface area (Å²) in [5.41, 5.74) is -0.809. The second-order valence-corrected chi connectivity index (χ2v) is 4.44. The van der Waals surface area contributed by atoms with Gasteiger partial charge in [-0.2, -0.15) is 13.2 Å². The number of hydrogen-bond acceptors (Lipinski definition) is 4. The Morgan fingerprint density at radius 3 is 2.95 bits per heavy atom. The molecule has 1 aliphatic rings. The molecule has 0 aliphatic carbocycles. The molecule has 2 heterocycles. The quantitative estimate of drug-likeness (QED) is 0.908. The number of halogens is 3. The molecular weight excluding hydrogens is 275 g/mol.